The lowest BCUT2D eigenvalue weighted by molar-refractivity contribution is -0.137. The molecular formula is C15H18O5. The number of hydrogen-bond acceptors (Lipinski definition) is 4. The number of aliphatic hydroxyl groups is 2. The second kappa shape index (κ2) is 8.90. The highest BCUT2D eigenvalue weighted by atomic mass is 16.5. The molecule has 0 amide bonds. The van der Waals surface area contributed by atoms with Crippen molar-refractivity contribution in [1.82, 2.24) is 0 Å². The molecule has 0 aliphatic heterocycles. The molecule has 3 N–H and O–H groups in total. The van der Waals surface area contributed by atoms with Crippen LogP contribution in [-0.2, 0) is 4.79 Å². The normalized spacial score (nSPS) is 11.3. The maximum absolute atomic E-state index is 10.4. The maximum Gasteiger partial charge on any atom is 0.306 e. The third-order valence-electron chi connectivity index (χ3n) is 2.37. The Kier molecular flexibility index (Phi) is 7.10. The van der Waals surface area contributed by atoms with Crippen LogP contribution >= 0.6 is 0 Å². The van der Waals surface area contributed by atoms with Crippen LogP contribution in [0, 0.1) is 0 Å². The average Bonchev–Trinajstić information content (AvgIpc) is 2.42. The zero-order valence-electron chi connectivity index (χ0n) is 11.0. The lowest BCUT2D eigenvalue weighted by Crippen LogP contribution is -2.04. The van der Waals surface area contributed by atoms with Gasteiger partial charge in [0.1, 0.15) is 5.75 Å². The molecule has 0 saturated heterocycles. The molecule has 0 fully saturated rings. The van der Waals surface area contributed by atoms with E-state index >= 15 is 0 Å². The van der Waals surface area contributed by atoms with E-state index in [-0.39, 0.29) is 26.2 Å². The van der Waals surface area contributed by atoms with Gasteiger partial charge in [-0.25, -0.2) is 0 Å². The number of aliphatic hydroxyl groups excluding tert-OH is 2. The minimum Gasteiger partial charge on any atom is -0.493 e. The van der Waals surface area contributed by atoms with Gasteiger partial charge < -0.3 is 20.1 Å². The molecular weight excluding hydrogens is 260 g/mol. The quantitative estimate of drug-likeness (QED) is 0.671. The second-order valence-corrected chi connectivity index (χ2v) is 4.00. The van der Waals surface area contributed by atoms with Gasteiger partial charge in [0.15, 0.2) is 0 Å². The minimum absolute atomic E-state index is 0.0636. The van der Waals surface area contributed by atoms with Crippen LogP contribution in [0.25, 0.3) is 12.2 Å². The standard InChI is InChI=1S/C15H18O5/c16-6-1-3-12-9-13(4-2-7-17)11-14(10-12)20-8-5-15(18)19/h1-4,9-11,16-17H,5-8H2,(H,18,19). The molecule has 0 radical (unpaired) electrons. The highest BCUT2D eigenvalue weighted by Gasteiger charge is 2.01. The number of carboxylic acids is 1. The Morgan fingerprint density at radius 3 is 2.05 bits per heavy atom. The fraction of sp³-hybridized carbons (Fsp3) is 0.267. The Morgan fingerprint density at radius 1 is 1.05 bits per heavy atom. The minimum atomic E-state index is -0.915. The largest absolute Gasteiger partial charge is 0.493 e. The number of carbonyl (C=O) groups is 1. The monoisotopic (exact) mass is 278 g/mol. The van der Waals surface area contributed by atoms with E-state index in [0.29, 0.717) is 5.75 Å². The van der Waals surface area contributed by atoms with Crippen LogP contribution in [0.4, 0.5) is 0 Å². The van der Waals surface area contributed by atoms with Crippen molar-refractivity contribution in [3.8, 4) is 5.75 Å². The zero-order chi connectivity index (χ0) is 14.8. The highest BCUT2D eigenvalue weighted by Crippen LogP contribution is 2.20. The van der Waals surface area contributed by atoms with E-state index in [4.69, 9.17) is 20.1 Å². The summed E-state index contributed by atoms with van der Waals surface area (Å²) in [7, 11) is 0. The van der Waals surface area contributed by atoms with Gasteiger partial charge in [0.2, 0.25) is 0 Å². The van der Waals surface area contributed by atoms with Crippen LogP contribution in [0.3, 0.4) is 0 Å². The molecule has 108 valence electrons. The summed E-state index contributed by atoms with van der Waals surface area (Å²) in [4.78, 5) is 10.4. The third kappa shape index (κ3) is 6.17. The maximum atomic E-state index is 10.4. The smallest absolute Gasteiger partial charge is 0.306 e. The fourth-order valence-electron chi connectivity index (χ4n) is 1.56. The predicted octanol–water partition coefficient (Wildman–Crippen LogP) is 1.55. The van der Waals surface area contributed by atoms with Crippen LogP contribution in [0.1, 0.15) is 17.5 Å². The van der Waals surface area contributed by atoms with Crippen LogP contribution < -0.4 is 4.74 Å². The Hall–Kier alpha value is -2.11. The van der Waals surface area contributed by atoms with Gasteiger partial charge in [0, 0.05) is 0 Å². The number of ether oxygens (including phenoxy) is 1. The van der Waals surface area contributed by atoms with Crippen molar-refractivity contribution in [3.63, 3.8) is 0 Å². The number of aliphatic carboxylic acids is 1. The molecule has 1 aromatic rings. The van der Waals surface area contributed by atoms with Crippen molar-refractivity contribution in [2.45, 2.75) is 6.42 Å². The highest BCUT2D eigenvalue weighted by molar-refractivity contribution is 5.66. The number of hydrogen-bond donors (Lipinski definition) is 3. The van der Waals surface area contributed by atoms with E-state index in [9.17, 15) is 4.79 Å². The molecule has 20 heavy (non-hydrogen) atoms. The van der Waals surface area contributed by atoms with Gasteiger partial charge in [-0.15, -0.1) is 0 Å². The molecule has 1 rings (SSSR count). The lowest BCUT2D eigenvalue weighted by Gasteiger charge is -2.07. The predicted molar refractivity (Wildman–Crippen MR) is 76.4 cm³/mol. The first-order valence-electron chi connectivity index (χ1n) is 6.20. The van der Waals surface area contributed by atoms with Gasteiger partial charge in [-0.05, 0) is 29.3 Å². The molecule has 0 spiro atoms. The van der Waals surface area contributed by atoms with Crippen molar-refractivity contribution in [1.29, 1.82) is 0 Å². The van der Waals surface area contributed by atoms with Crippen molar-refractivity contribution in [3.05, 3.63) is 41.5 Å². The van der Waals surface area contributed by atoms with E-state index in [2.05, 4.69) is 0 Å². The molecule has 5 heteroatoms. The van der Waals surface area contributed by atoms with Crippen molar-refractivity contribution < 1.29 is 24.9 Å². The first-order valence-corrected chi connectivity index (χ1v) is 6.20. The van der Waals surface area contributed by atoms with Crippen LogP contribution in [0.5, 0.6) is 5.75 Å². The summed E-state index contributed by atoms with van der Waals surface area (Å²) in [5, 5.41) is 26.1. The molecule has 0 aliphatic rings. The third-order valence-corrected chi connectivity index (χ3v) is 2.37. The van der Waals surface area contributed by atoms with Crippen molar-refractivity contribution >= 4 is 18.1 Å². The molecule has 0 bridgehead atoms. The Morgan fingerprint density at radius 2 is 1.60 bits per heavy atom. The summed E-state index contributed by atoms with van der Waals surface area (Å²) < 4.78 is 5.38. The van der Waals surface area contributed by atoms with Gasteiger partial charge in [-0.3, -0.25) is 4.79 Å². The number of benzene rings is 1. The summed E-state index contributed by atoms with van der Waals surface area (Å²) in [5.41, 5.74) is 1.65. The average molecular weight is 278 g/mol. The molecule has 0 atom stereocenters. The SMILES string of the molecule is O=C(O)CCOc1cc(C=CCO)cc(C=CCO)c1. The molecule has 0 unspecified atom stereocenters. The zero-order valence-corrected chi connectivity index (χ0v) is 11.0. The Labute approximate surface area is 117 Å². The van der Waals surface area contributed by atoms with E-state index < -0.39 is 5.97 Å². The van der Waals surface area contributed by atoms with Gasteiger partial charge in [-0.2, -0.15) is 0 Å². The van der Waals surface area contributed by atoms with Gasteiger partial charge in [0.25, 0.3) is 0 Å². The molecule has 1 aromatic carbocycles. The summed E-state index contributed by atoms with van der Waals surface area (Å²) in [5.74, 6) is -0.370. The first kappa shape index (κ1) is 15.9. The van der Waals surface area contributed by atoms with Crippen LogP contribution in [-0.4, -0.2) is 41.1 Å². The molecule has 0 aromatic heterocycles. The van der Waals surface area contributed by atoms with Crippen molar-refractivity contribution in [2.24, 2.45) is 0 Å². The van der Waals surface area contributed by atoms with E-state index in [1.165, 1.54) is 0 Å². The summed E-state index contributed by atoms with van der Waals surface area (Å²) in [6, 6.07) is 5.37. The Balaban J connectivity index is 2.87. The van der Waals surface area contributed by atoms with Crippen LogP contribution in [0.15, 0.2) is 30.4 Å². The number of carboxylic acid groups (broad SMARTS) is 1. The van der Waals surface area contributed by atoms with Gasteiger partial charge in [-0.1, -0.05) is 24.3 Å². The molecule has 0 heterocycles. The summed E-state index contributed by atoms with van der Waals surface area (Å²) in [6.07, 6.45) is 6.59. The van der Waals surface area contributed by atoms with Crippen LogP contribution in [0.2, 0.25) is 0 Å². The fourth-order valence-corrected chi connectivity index (χ4v) is 1.56. The first-order chi connectivity index (χ1) is 9.65. The van der Waals surface area contributed by atoms with E-state index in [1.54, 1.807) is 36.4 Å². The van der Waals surface area contributed by atoms with E-state index in [0.717, 1.165) is 11.1 Å². The van der Waals surface area contributed by atoms with E-state index in [1.807, 2.05) is 6.07 Å². The molecule has 0 aliphatic carbocycles. The summed E-state index contributed by atoms with van der Waals surface area (Å²) >= 11 is 0. The van der Waals surface area contributed by atoms with Gasteiger partial charge >= 0.3 is 5.97 Å². The summed E-state index contributed by atoms with van der Waals surface area (Å²) in [6.45, 7) is -0.0382. The van der Waals surface area contributed by atoms with Gasteiger partial charge in [0.05, 0.1) is 26.2 Å². The Bertz CT molecular complexity index is 459. The second-order valence-electron chi connectivity index (χ2n) is 4.00. The lowest BCUT2D eigenvalue weighted by atomic mass is 10.1. The molecule has 0 saturated carbocycles. The van der Waals surface area contributed by atoms with Crippen molar-refractivity contribution in [2.75, 3.05) is 19.8 Å². The topological polar surface area (TPSA) is 87.0 Å². The molecule has 5 nitrogen and oxygen atoms in total. The number of rotatable bonds is 8.